The Balaban J connectivity index is 1.65. The zero-order chi connectivity index (χ0) is 21.3. The summed E-state index contributed by atoms with van der Waals surface area (Å²) in [5.74, 6) is 0.781. The van der Waals surface area contributed by atoms with Crippen LogP contribution in [0.1, 0.15) is 18.1 Å². The molecule has 0 amide bonds. The van der Waals surface area contributed by atoms with E-state index in [4.69, 9.17) is 28.2 Å². The Morgan fingerprint density at radius 3 is 2.60 bits per heavy atom. The van der Waals surface area contributed by atoms with Crippen LogP contribution in [-0.2, 0) is 13.0 Å². The van der Waals surface area contributed by atoms with Crippen LogP contribution in [0, 0.1) is 0 Å². The number of nitrogens with one attached hydrogen (secondary N) is 2. The van der Waals surface area contributed by atoms with Gasteiger partial charge in [0.15, 0.2) is 5.96 Å². The van der Waals surface area contributed by atoms with Gasteiger partial charge in [0.05, 0.1) is 6.54 Å². The lowest BCUT2D eigenvalue weighted by molar-refractivity contribution is 0.312. The van der Waals surface area contributed by atoms with Crippen LogP contribution in [0.25, 0.3) is 0 Å². The maximum Gasteiger partial charge on any atom is 0.191 e. The van der Waals surface area contributed by atoms with Crippen molar-refractivity contribution in [2.45, 2.75) is 19.9 Å². The highest BCUT2D eigenvalue weighted by Gasteiger charge is 2.18. The summed E-state index contributed by atoms with van der Waals surface area (Å²) in [7, 11) is 2.16. The van der Waals surface area contributed by atoms with Gasteiger partial charge >= 0.3 is 0 Å². The van der Waals surface area contributed by atoms with E-state index in [-0.39, 0.29) is 0 Å². The monoisotopic (exact) mass is 448 g/mol. The lowest BCUT2D eigenvalue weighted by Gasteiger charge is -2.35. The van der Waals surface area contributed by atoms with E-state index in [0.29, 0.717) is 11.7 Å². The molecule has 1 saturated heterocycles. The molecule has 0 unspecified atom stereocenters. The Morgan fingerprint density at radius 2 is 1.90 bits per heavy atom. The molecule has 0 bridgehead atoms. The van der Waals surface area contributed by atoms with Crippen LogP contribution in [-0.4, -0.2) is 62.2 Å². The standard InChI is InChI=1S/C22H30Cl2N6/c1-3-25-22(26-10-9-17-7-8-21(24)27-15-17)28-16-18-19(23)5-4-6-20(18)30-13-11-29(2)12-14-30/h4-8,15H,3,9-14,16H2,1-2H3,(H2,25,26,28). The quantitative estimate of drug-likeness (QED) is 0.385. The van der Waals surface area contributed by atoms with Crippen LogP contribution in [0.4, 0.5) is 5.69 Å². The van der Waals surface area contributed by atoms with E-state index in [9.17, 15) is 0 Å². The van der Waals surface area contributed by atoms with Crippen molar-refractivity contribution in [3.05, 3.63) is 57.8 Å². The topological polar surface area (TPSA) is 55.8 Å². The van der Waals surface area contributed by atoms with Crippen LogP contribution >= 0.6 is 23.2 Å². The number of nitrogens with zero attached hydrogens (tertiary/aromatic N) is 4. The van der Waals surface area contributed by atoms with Crippen molar-refractivity contribution in [1.82, 2.24) is 20.5 Å². The fraction of sp³-hybridized carbons (Fsp3) is 0.455. The number of aromatic nitrogens is 1. The first-order valence-electron chi connectivity index (χ1n) is 10.4. The second-order valence-corrected chi connectivity index (χ2v) is 8.18. The fourth-order valence-corrected chi connectivity index (χ4v) is 3.77. The summed E-state index contributed by atoms with van der Waals surface area (Å²) in [6.07, 6.45) is 2.65. The molecule has 0 saturated carbocycles. The molecule has 0 atom stereocenters. The Labute approximate surface area is 189 Å². The molecule has 2 aromatic rings. The molecule has 1 aromatic heterocycles. The predicted molar refractivity (Wildman–Crippen MR) is 127 cm³/mol. The summed E-state index contributed by atoms with van der Waals surface area (Å²) < 4.78 is 0. The van der Waals surface area contributed by atoms with Gasteiger partial charge in [-0.3, -0.25) is 0 Å². The molecule has 6 nitrogen and oxygen atoms in total. The van der Waals surface area contributed by atoms with Crippen molar-refractivity contribution < 1.29 is 0 Å². The van der Waals surface area contributed by atoms with E-state index >= 15 is 0 Å². The minimum atomic E-state index is 0.512. The van der Waals surface area contributed by atoms with E-state index in [1.54, 1.807) is 6.20 Å². The van der Waals surface area contributed by atoms with Crippen molar-refractivity contribution >= 4 is 34.8 Å². The van der Waals surface area contributed by atoms with Crippen molar-refractivity contribution in [2.24, 2.45) is 4.99 Å². The summed E-state index contributed by atoms with van der Waals surface area (Å²) in [6.45, 7) is 8.25. The van der Waals surface area contributed by atoms with Crippen molar-refractivity contribution in [2.75, 3.05) is 51.2 Å². The Morgan fingerprint density at radius 1 is 1.10 bits per heavy atom. The third-order valence-corrected chi connectivity index (χ3v) is 5.75. The summed E-state index contributed by atoms with van der Waals surface area (Å²) in [5, 5.41) is 7.98. The molecule has 3 rings (SSSR count). The maximum absolute atomic E-state index is 6.57. The van der Waals surface area contributed by atoms with Crippen LogP contribution in [0.15, 0.2) is 41.5 Å². The van der Waals surface area contributed by atoms with E-state index < -0.39 is 0 Å². The summed E-state index contributed by atoms with van der Waals surface area (Å²) in [6, 6.07) is 9.92. The molecule has 0 spiro atoms. The second kappa shape index (κ2) is 11.4. The number of likely N-dealkylation sites (N-methyl/N-ethyl adjacent to an activating group) is 1. The molecule has 0 radical (unpaired) electrons. The smallest absolute Gasteiger partial charge is 0.191 e. The van der Waals surface area contributed by atoms with E-state index in [1.807, 2.05) is 24.3 Å². The first kappa shape index (κ1) is 22.7. The highest BCUT2D eigenvalue weighted by atomic mass is 35.5. The average molecular weight is 449 g/mol. The lowest BCUT2D eigenvalue weighted by Crippen LogP contribution is -2.44. The molecular weight excluding hydrogens is 419 g/mol. The zero-order valence-corrected chi connectivity index (χ0v) is 19.2. The average Bonchev–Trinajstić information content (AvgIpc) is 2.74. The molecule has 2 heterocycles. The molecule has 2 N–H and O–H groups in total. The van der Waals surface area contributed by atoms with Gasteiger partial charge in [0, 0.05) is 61.7 Å². The van der Waals surface area contributed by atoms with E-state index in [2.05, 4.69) is 45.5 Å². The van der Waals surface area contributed by atoms with Crippen LogP contribution in [0.5, 0.6) is 0 Å². The fourth-order valence-electron chi connectivity index (χ4n) is 3.43. The van der Waals surface area contributed by atoms with Crippen LogP contribution in [0.2, 0.25) is 10.2 Å². The molecule has 0 aliphatic carbocycles. The molecule has 1 aliphatic heterocycles. The van der Waals surface area contributed by atoms with Crippen molar-refractivity contribution in [1.29, 1.82) is 0 Å². The highest BCUT2D eigenvalue weighted by Crippen LogP contribution is 2.29. The zero-order valence-electron chi connectivity index (χ0n) is 17.7. The summed E-state index contributed by atoms with van der Waals surface area (Å²) in [4.78, 5) is 13.7. The number of halogens is 2. The molecule has 1 aliphatic rings. The van der Waals surface area contributed by atoms with E-state index in [0.717, 1.165) is 67.8 Å². The largest absolute Gasteiger partial charge is 0.369 e. The number of benzene rings is 1. The Hall–Kier alpha value is -2.02. The number of aliphatic imine (C=N–C) groups is 1. The first-order chi connectivity index (χ1) is 14.6. The normalized spacial score (nSPS) is 15.3. The van der Waals surface area contributed by atoms with Gasteiger partial charge in [0.25, 0.3) is 0 Å². The van der Waals surface area contributed by atoms with Gasteiger partial charge in [-0.1, -0.05) is 35.3 Å². The van der Waals surface area contributed by atoms with Gasteiger partial charge in [-0.2, -0.15) is 0 Å². The lowest BCUT2D eigenvalue weighted by atomic mass is 10.1. The molecule has 1 fully saturated rings. The first-order valence-corrected chi connectivity index (χ1v) is 11.2. The third kappa shape index (κ3) is 6.49. The highest BCUT2D eigenvalue weighted by molar-refractivity contribution is 6.31. The number of pyridine rings is 1. The number of hydrogen-bond acceptors (Lipinski definition) is 4. The van der Waals surface area contributed by atoms with Crippen molar-refractivity contribution in [3.8, 4) is 0 Å². The Kier molecular flexibility index (Phi) is 8.61. The molecule has 30 heavy (non-hydrogen) atoms. The molecule has 8 heteroatoms. The van der Waals surface area contributed by atoms with Crippen LogP contribution in [0.3, 0.4) is 0 Å². The van der Waals surface area contributed by atoms with Gasteiger partial charge in [0.1, 0.15) is 5.15 Å². The number of piperazine rings is 1. The summed E-state index contributed by atoms with van der Waals surface area (Å²) in [5.41, 5.74) is 3.39. The predicted octanol–water partition coefficient (Wildman–Crippen LogP) is 3.44. The summed E-state index contributed by atoms with van der Waals surface area (Å²) >= 11 is 12.4. The van der Waals surface area contributed by atoms with Gasteiger partial charge in [-0.15, -0.1) is 0 Å². The van der Waals surface area contributed by atoms with Crippen LogP contribution < -0.4 is 15.5 Å². The minimum absolute atomic E-state index is 0.512. The van der Waals surface area contributed by atoms with Gasteiger partial charge in [-0.25, -0.2) is 9.98 Å². The van der Waals surface area contributed by atoms with Gasteiger partial charge in [0.2, 0.25) is 0 Å². The number of hydrogen-bond donors (Lipinski definition) is 2. The number of anilines is 1. The minimum Gasteiger partial charge on any atom is -0.369 e. The van der Waals surface area contributed by atoms with Gasteiger partial charge in [-0.05, 0) is 44.2 Å². The Bertz CT molecular complexity index is 832. The molecule has 162 valence electrons. The molecular formula is C22H30Cl2N6. The number of rotatable bonds is 7. The number of guanidine groups is 1. The third-order valence-electron chi connectivity index (χ3n) is 5.17. The maximum atomic E-state index is 6.57. The molecule has 1 aromatic carbocycles. The van der Waals surface area contributed by atoms with Gasteiger partial charge < -0.3 is 20.4 Å². The van der Waals surface area contributed by atoms with Crippen molar-refractivity contribution in [3.63, 3.8) is 0 Å². The SMILES string of the molecule is CCNC(=NCc1c(Cl)cccc1N1CCN(C)CC1)NCCc1ccc(Cl)nc1. The second-order valence-electron chi connectivity index (χ2n) is 7.39. The van der Waals surface area contributed by atoms with E-state index in [1.165, 1.54) is 5.69 Å².